The third-order valence-corrected chi connectivity index (χ3v) is 8.21. The second-order valence-electron chi connectivity index (χ2n) is 10.6. The maximum Gasteiger partial charge on any atom is 0.168 e. The average Bonchev–Trinajstić information content (AvgIpc) is 3.73. The minimum Gasteiger partial charge on any atom is -0.299 e. The Kier molecular flexibility index (Phi) is 7.83. The fraction of sp³-hybridized carbons (Fsp3) is 0.483. The molecule has 2 aliphatic rings. The molecule has 1 aliphatic carbocycles. The van der Waals surface area contributed by atoms with E-state index in [9.17, 15) is 0 Å². The SMILES string of the molecule is c1ccc(Cn2nnnc2C(CCc2ccc(-n3cncn3)cc2)N2CCCN(C3CCCC3)CC2)cc1. The van der Waals surface area contributed by atoms with E-state index >= 15 is 0 Å². The van der Waals surface area contributed by atoms with Gasteiger partial charge < -0.3 is 0 Å². The number of rotatable bonds is 9. The number of hydrogen-bond donors (Lipinski definition) is 0. The zero-order valence-corrected chi connectivity index (χ0v) is 22.0. The highest BCUT2D eigenvalue weighted by atomic mass is 15.5. The van der Waals surface area contributed by atoms with E-state index in [2.05, 4.69) is 83.9 Å². The number of aromatic nitrogens is 7. The maximum absolute atomic E-state index is 4.60. The maximum atomic E-state index is 4.60. The Balaban J connectivity index is 1.20. The molecule has 1 saturated carbocycles. The summed E-state index contributed by atoms with van der Waals surface area (Å²) in [7, 11) is 0. The van der Waals surface area contributed by atoms with Crippen LogP contribution >= 0.6 is 0 Å². The highest BCUT2D eigenvalue weighted by molar-refractivity contribution is 5.33. The molecule has 38 heavy (non-hydrogen) atoms. The van der Waals surface area contributed by atoms with Gasteiger partial charge in [0.15, 0.2) is 5.82 Å². The van der Waals surface area contributed by atoms with Crippen LogP contribution < -0.4 is 0 Å². The van der Waals surface area contributed by atoms with Gasteiger partial charge in [0.1, 0.15) is 12.7 Å². The molecule has 1 aliphatic heterocycles. The van der Waals surface area contributed by atoms with Crippen molar-refractivity contribution in [1.29, 1.82) is 0 Å². The number of tetrazole rings is 1. The van der Waals surface area contributed by atoms with E-state index in [-0.39, 0.29) is 6.04 Å². The molecule has 2 fully saturated rings. The third-order valence-electron chi connectivity index (χ3n) is 8.21. The lowest BCUT2D eigenvalue weighted by Crippen LogP contribution is -2.38. The minimum atomic E-state index is 0.173. The lowest BCUT2D eigenvalue weighted by molar-refractivity contribution is 0.165. The number of benzene rings is 2. The Labute approximate surface area is 224 Å². The van der Waals surface area contributed by atoms with Gasteiger partial charge in [0.2, 0.25) is 0 Å². The van der Waals surface area contributed by atoms with Gasteiger partial charge in [0.25, 0.3) is 0 Å². The quantitative estimate of drug-likeness (QED) is 0.337. The van der Waals surface area contributed by atoms with Crippen LogP contribution in [0.1, 0.15) is 61.5 Å². The zero-order valence-electron chi connectivity index (χ0n) is 22.0. The third kappa shape index (κ3) is 5.84. The van der Waals surface area contributed by atoms with Gasteiger partial charge in [-0.15, -0.1) is 5.10 Å². The Morgan fingerprint density at radius 1 is 0.842 bits per heavy atom. The van der Waals surface area contributed by atoms with Crippen LogP contribution in [0.2, 0.25) is 0 Å². The molecule has 1 saturated heterocycles. The molecule has 198 valence electrons. The first-order valence-electron chi connectivity index (χ1n) is 14.1. The summed E-state index contributed by atoms with van der Waals surface area (Å²) >= 11 is 0. The zero-order chi connectivity index (χ0) is 25.6. The second kappa shape index (κ2) is 12.0. The number of hydrogen-bond acceptors (Lipinski definition) is 7. The van der Waals surface area contributed by atoms with E-state index in [1.807, 2.05) is 10.7 Å². The normalized spacial score (nSPS) is 18.5. The van der Waals surface area contributed by atoms with Crippen LogP contribution in [0.15, 0.2) is 67.3 Å². The van der Waals surface area contributed by atoms with E-state index in [1.54, 1.807) is 17.3 Å². The van der Waals surface area contributed by atoms with Gasteiger partial charge >= 0.3 is 0 Å². The molecular formula is C29H37N9. The Hall–Kier alpha value is -3.43. The number of aryl methyl sites for hydroxylation is 1. The molecule has 0 N–H and O–H groups in total. The van der Waals surface area contributed by atoms with E-state index < -0.39 is 0 Å². The lowest BCUT2D eigenvalue weighted by atomic mass is 10.0. The van der Waals surface area contributed by atoms with Gasteiger partial charge in [0, 0.05) is 25.7 Å². The molecule has 0 amide bonds. The van der Waals surface area contributed by atoms with Crippen molar-refractivity contribution < 1.29 is 0 Å². The lowest BCUT2D eigenvalue weighted by Gasteiger charge is -2.31. The van der Waals surface area contributed by atoms with Crippen molar-refractivity contribution in [3.05, 3.63) is 84.2 Å². The van der Waals surface area contributed by atoms with E-state index in [0.717, 1.165) is 50.0 Å². The van der Waals surface area contributed by atoms with Gasteiger partial charge in [-0.3, -0.25) is 9.80 Å². The summed E-state index contributed by atoms with van der Waals surface area (Å²) in [4.78, 5) is 9.45. The number of nitrogens with zero attached hydrogens (tertiary/aromatic N) is 9. The van der Waals surface area contributed by atoms with Crippen molar-refractivity contribution in [2.24, 2.45) is 0 Å². The first kappa shape index (κ1) is 24.9. The molecule has 0 spiro atoms. The van der Waals surface area contributed by atoms with E-state index in [0.29, 0.717) is 6.54 Å². The minimum absolute atomic E-state index is 0.173. The smallest absolute Gasteiger partial charge is 0.168 e. The summed E-state index contributed by atoms with van der Waals surface area (Å²) in [6, 6.07) is 20.1. The molecule has 1 unspecified atom stereocenters. The summed E-state index contributed by atoms with van der Waals surface area (Å²) < 4.78 is 3.80. The molecule has 2 aromatic heterocycles. The molecule has 3 heterocycles. The van der Waals surface area contributed by atoms with Crippen LogP contribution in [-0.2, 0) is 13.0 Å². The molecule has 6 rings (SSSR count). The first-order valence-corrected chi connectivity index (χ1v) is 14.1. The highest BCUT2D eigenvalue weighted by Gasteiger charge is 2.30. The summed E-state index contributed by atoms with van der Waals surface area (Å²) in [5.41, 5.74) is 3.55. The van der Waals surface area contributed by atoms with Gasteiger partial charge in [0.05, 0.1) is 18.3 Å². The molecule has 0 radical (unpaired) electrons. The fourth-order valence-electron chi connectivity index (χ4n) is 6.16. The Bertz CT molecular complexity index is 1250. The molecule has 9 nitrogen and oxygen atoms in total. The van der Waals surface area contributed by atoms with Gasteiger partial charge in [-0.05, 0) is 72.3 Å². The molecule has 0 bridgehead atoms. The van der Waals surface area contributed by atoms with Crippen LogP contribution in [-0.4, -0.2) is 77.0 Å². The predicted molar refractivity (Wildman–Crippen MR) is 146 cm³/mol. The summed E-state index contributed by atoms with van der Waals surface area (Å²) in [5, 5.41) is 17.4. The van der Waals surface area contributed by atoms with Gasteiger partial charge in [-0.2, -0.15) is 5.10 Å². The van der Waals surface area contributed by atoms with Crippen LogP contribution in [0.25, 0.3) is 5.69 Å². The Morgan fingerprint density at radius 3 is 2.47 bits per heavy atom. The van der Waals surface area contributed by atoms with Gasteiger partial charge in [-0.25, -0.2) is 14.3 Å². The van der Waals surface area contributed by atoms with Crippen LogP contribution in [0.3, 0.4) is 0 Å². The molecule has 9 heteroatoms. The van der Waals surface area contributed by atoms with E-state index in [1.165, 1.54) is 49.8 Å². The first-order chi connectivity index (χ1) is 18.8. The van der Waals surface area contributed by atoms with Crippen molar-refractivity contribution in [3.8, 4) is 5.69 Å². The molecule has 1 atom stereocenters. The summed E-state index contributed by atoms with van der Waals surface area (Å²) in [6.07, 6.45) is 11.9. The molecule has 2 aromatic carbocycles. The molecule has 4 aromatic rings. The fourth-order valence-corrected chi connectivity index (χ4v) is 6.16. The largest absolute Gasteiger partial charge is 0.299 e. The van der Waals surface area contributed by atoms with Crippen LogP contribution in [0, 0.1) is 0 Å². The van der Waals surface area contributed by atoms with Crippen molar-refractivity contribution in [2.75, 3.05) is 26.2 Å². The van der Waals surface area contributed by atoms with Crippen LogP contribution in [0.5, 0.6) is 0 Å². The Morgan fingerprint density at radius 2 is 1.68 bits per heavy atom. The van der Waals surface area contributed by atoms with Crippen molar-refractivity contribution in [2.45, 2.75) is 63.6 Å². The average molecular weight is 512 g/mol. The predicted octanol–water partition coefficient (Wildman–Crippen LogP) is 3.93. The monoisotopic (exact) mass is 511 g/mol. The summed E-state index contributed by atoms with van der Waals surface area (Å²) in [6.45, 7) is 5.16. The van der Waals surface area contributed by atoms with Crippen molar-refractivity contribution in [1.82, 2.24) is 44.8 Å². The highest BCUT2D eigenvalue weighted by Crippen LogP contribution is 2.29. The van der Waals surface area contributed by atoms with Crippen molar-refractivity contribution >= 4 is 0 Å². The van der Waals surface area contributed by atoms with Gasteiger partial charge in [-0.1, -0.05) is 55.3 Å². The standard InChI is InChI=1S/C29H37N9/c1-2-7-25(8-3-1)21-37-29(32-33-34-37)28(36-18-6-17-35(19-20-36)26-9-4-5-10-26)16-13-24-11-14-27(15-12-24)38-23-30-22-31-38/h1-3,7-8,11-12,14-15,22-23,26,28H,4-6,9-10,13,16-21H2. The second-order valence-corrected chi connectivity index (χ2v) is 10.6. The molecular weight excluding hydrogens is 474 g/mol. The summed E-state index contributed by atoms with van der Waals surface area (Å²) in [5.74, 6) is 0.974. The van der Waals surface area contributed by atoms with Crippen LogP contribution in [0.4, 0.5) is 0 Å². The topological polar surface area (TPSA) is 80.8 Å². The van der Waals surface area contributed by atoms with Crippen molar-refractivity contribution in [3.63, 3.8) is 0 Å². The van der Waals surface area contributed by atoms with E-state index in [4.69, 9.17) is 0 Å².